The van der Waals surface area contributed by atoms with Gasteiger partial charge in [-0.15, -0.1) is 0 Å². The van der Waals surface area contributed by atoms with Crippen molar-refractivity contribution >= 4 is 29.2 Å². The molecule has 10 heteroatoms. The van der Waals surface area contributed by atoms with Crippen molar-refractivity contribution in [2.24, 2.45) is 0 Å². The van der Waals surface area contributed by atoms with Crippen molar-refractivity contribution in [3.63, 3.8) is 0 Å². The third kappa shape index (κ3) is 5.02. The molecule has 9 nitrogen and oxygen atoms in total. The van der Waals surface area contributed by atoms with Crippen LogP contribution in [0.4, 0.5) is 10.1 Å². The molecular weight excluding hydrogens is 419 g/mol. The fourth-order valence-corrected chi connectivity index (χ4v) is 3.05. The number of anilines is 1. The van der Waals surface area contributed by atoms with Gasteiger partial charge in [0.05, 0.1) is 24.7 Å². The number of hydrogen-bond acceptors (Lipinski definition) is 6. The van der Waals surface area contributed by atoms with Gasteiger partial charge in [-0.1, -0.05) is 19.1 Å². The number of methoxy groups -OCH3 is 1. The van der Waals surface area contributed by atoms with Gasteiger partial charge in [0.2, 0.25) is 0 Å². The van der Waals surface area contributed by atoms with Crippen molar-refractivity contribution in [1.82, 2.24) is 15.1 Å². The topological polar surface area (TPSA) is 112 Å². The SMILES string of the molecule is CC/C=C(/C=C(/C(=O)OC)n1ncc(F)c1C)C(=O)NCc1ccc2c(c1)NC(=O)CO2. The number of fused-ring (bicyclic) bond motifs is 1. The standard InChI is InChI=1S/C22H23FN4O5/c1-4-5-15(9-18(22(30)31-3)27-13(2)16(23)11-25-27)21(29)24-10-14-6-7-19-17(8-14)26-20(28)12-32-19/h5-9,11H,4,10,12H2,1-3H3,(H,24,29)(H,26,28)/b15-5-,18-9-. The third-order valence-corrected chi connectivity index (χ3v) is 4.68. The number of esters is 1. The number of allylic oxidation sites excluding steroid dienone is 1. The van der Waals surface area contributed by atoms with Crippen molar-refractivity contribution in [2.75, 3.05) is 19.0 Å². The first kappa shape index (κ1) is 22.7. The Kier molecular flexibility index (Phi) is 7.04. The largest absolute Gasteiger partial charge is 0.482 e. The predicted octanol–water partition coefficient (Wildman–Crippen LogP) is 2.33. The number of rotatable bonds is 7. The monoisotopic (exact) mass is 442 g/mol. The molecule has 0 atom stereocenters. The number of nitrogens with zero attached hydrogens (tertiary/aromatic N) is 2. The van der Waals surface area contributed by atoms with Gasteiger partial charge < -0.3 is 20.1 Å². The van der Waals surface area contributed by atoms with E-state index in [2.05, 4.69) is 15.7 Å². The number of carbonyl (C=O) groups is 3. The zero-order chi connectivity index (χ0) is 23.3. The molecule has 0 spiro atoms. The molecule has 32 heavy (non-hydrogen) atoms. The minimum atomic E-state index is -0.767. The number of benzene rings is 1. The maximum atomic E-state index is 13.8. The highest BCUT2D eigenvalue weighted by molar-refractivity contribution is 6.12. The van der Waals surface area contributed by atoms with Gasteiger partial charge in [-0.25, -0.2) is 13.9 Å². The second kappa shape index (κ2) is 9.90. The maximum Gasteiger partial charge on any atom is 0.356 e. The summed E-state index contributed by atoms with van der Waals surface area (Å²) in [6.45, 7) is 3.42. The smallest absolute Gasteiger partial charge is 0.356 e. The molecular formula is C22H23FN4O5. The highest BCUT2D eigenvalue weighted by Crippen LogP contribution is 2.28. The zero-order valence-corrected chi connectivity index (χ0v) is 17.9. The molecule has 0 aliphatic carbocycles. The summed E-state index contributed by atoms with van der Waals surface area (Å²) in [6.07, 6.45) is 4.44. The first-order chi connectivity index (χ1) is 15.3. The summed E-state index contributed by atoms with van der Waals surface area (Å²) >= 11 is 0. The van der Waals surface area contributed by atoms with Gasteiger partial charge in [-0.05, 0) is 37.1 Å². The maximum absolute atomic E-state index is 13.8. The Balaban J connectivity index is 1.81. The Morgan fingerprint density at radius 1 is 1.41 bits per heavy atom. The number of nitrogens with one attached hydrogen (secondary N) is 2. The van der Waals surface area contributed by atoms with Gasteiger partial charge in [0.1, 0.15) is 5.75 Å². The number of halogens is 1. The molecule has 1 aromatic carbocycles. The van der Waals surface area contributed by atoms with E-state index in [0.717, 1.165) is 16.4 Å². The molecule has 0 bridgehead atoms. The summed E-state index contributed by atoms with van der Waals surface area (Å²) in [5.41, 5.74) is 1.47. The van der Waals surface area contributed by atoms with Gasteiger partial charge in [0.25, 0.3) is 11.8 Å². The molecule has 168 valence electrons. The summed E-state index contributed by atoms with van der Waals surface area (Å²) < 4.78 is 25.0. The average Bonchev–Trinajstić information content (AvgIpc) is 3.12. The lowest BCUT2D eigenvalue weighted by atomic mass is 10.1. The van der Waals surface area contributed by atoms with Crippen LogP contribution in [0.5, 0.6) is 5.75 Å². The van der Waals surface area contributed by atoms with Gasteiger partial charge in [-0.3, -0.25) is 9.59 Å². The molecule has 1 aliphatic rings. The first-order valence-electron chi connectivity index (χ1n) is 9.88. The van der Waals surface area contributed by atoms with E-state index in [1.165, 1.54) is 20.1 Å². The van der Waals surface area contributed by atoms with Crippen LogP contribution in [0, 0.1) is 12.7 Å². The van der Waals surface area contributed by atoms with Crippen molar-refractivity contribution < 1.29 is 28.2 Å². The minimum Gasteiger partial charge on any atom is -0.482 e. The molecule has 2 aromatic rings. The van der Waals surface area contributed by atoms with Crippen LogP contribution < -0.4 is 15.4 Å². The third-order valence-electron chi connectivity index (χ3n) is 4.68. The molecule has 1 aromatic heterocycles. The van der Waals surface area contributed by atoms with E-state index in [1.807, 2.05) is 6.92 Å². The van der Waals surface area contributed by atoms with E-state index >= 15 is 0 Å². The lowest BCUT2D eigenvalue weighted by Gasteiger charge is -2.18. The average molecular weight is 442 g/mol. The molecule has 0 fully saturated rings. The fraction of sp³-hybridized carbons (Fsp3) is 0.273. The number of ether oxygens (including phenoxy) is 2. The second-order valence-electron chi connectivity index (χ2n) is 6.93. The molecule has 0 saturated heterocycles. The van der Waals surface area contributed by atoms with Crippen molar-refractivity contribution in [1.29, 1.82) is 0 Å². The molecule has 0 unspecified atom stereocenters. The lowest BCUT2D eigenvalue weighted by Crippen LogP contribution is -2.27. The normalized spacial score (nSPS) is 13.7. The Morgan fingerprint density at radius 2 is 2.19 bits per heavy atom. The van der Waals surface area contributed by atoms with E-state index in [4.69, 9.17) is 9.47 Å². The van der Waals surface area contributed by atoms with Crippen molar-refractivity contribution in [3.05, 3.63) is 59.2 Å². The highest BCUT2D eigenvalue weighted by Gasteiger charge is 2.20. The quantitative estimate of drug-likeness (QED) is 0.387. The molecule has 1 aliphatic heterocycles. The number of amides is 2. The number of hydrogen-bond donors (Lipinski definition) is 2. The molecule has 0 radical (unpaired) electrons. The Hall–Kier alpha value is -3.95. The molecule has 2 N–H and O–H groups in total. The summed E-state index contributed by atoms with van der Waals surface area (Å²) in [7, 11) is 1.19. The van der Waals surface area contributed by atoms with Crippen LogP contribution in [0.1, 0.15) is 24.6 Å². The second-order valence-corrected chi connectivity index (χ2v) is 6.93. The number of carbonyl (C=O) groups excluding carboxylic acids is 3. The molecule has 0 saturated carbocycles. The van der Waals surface area contributed by atoms with Gasteiger partial charge in [-0.2, -0.15) is 5.10 Å². The van der Waals surface area contributed by atoms with Gasteiger partial charge >= 0.3 is 5.97 Å². The van der Waals surface area contributed by atoms with Crippen LogP contribution in [0.2, 0.25) is 0 Å². The molecule has 2 heterocycles. The lowest BCUT2D eigenvalue weighted by molar-refractivity contribution is -0.134. The molecule has 2 amide bonds. The Morgan fingerprint density at radius 3 is 2.84 bits per heavy atom. The van der Waals surface area contributed by atoms with Crippen LogP contribution >= 0.6 is 0 Å². The van der Waals surface area contributed by atoms with E-state index in [9.17, 15) is 18.8 Å². The minimum absolute atomic E-state index is 0.0389. The molecule has 3 rings (SSSR count). The number of aromatic nitrogens is 2. The van der Waals surface area contributed by atoms with Crippen molar-refractivity contribution in [3.8, 4) is 5.75 Å². The van der Waals surface area contributed by atoms with E-state index in [0.29, 0.717) is 17.9 Å². The Labute approximate surface area is 183 Å². The van der Waals surface area contributed by atoms with E-state index in [-0.39, 0.29) is 36.0 Å². The predicted molar refractivity (Wildman–Crippen MR) is 114 cm³/mol. The van der Waals surface area contributed by atoms with E-state index < -0.39 is 17.7 Å². The highest BCUT2D eigenvalue weighted by atomic mass is 19.1. The summed E-state index contributed by atoms with van der Waals surface area (Å²) in [6, 6.07) is 5.19. The van der Waals surface area contributed by atoms with Crippen LogP contribution in [0.3, 0.4) is 0 Å². The van der Waals surface area contributed by atoms with E-state index in [1.54, 1.807) is 24.3 Å². The van der Waals surface area contributed by atoms with Crippen LogP contribution in [0.15, 0.2) is 42.1 Å². The summed E-state index contributed by atoms with van der Waals surface area (Å²) in [5, 5.41) is 9.35. The Bertz CT molecular complexity index is 1120. The van der Waals surface area contributed by atoms with Gasteiger partial charge in [0, 0.05) is 12.1 Å². The van der Waals surface area contributed by atoms with Crippen LogP contribution in [0.25, 0.3) is 5.70 Å². The van der Waals surface area contributed by atoms with Crippen molar-refractivity contribution in [2.45, 2.75) is 26.8 Å². The summed E-state index contributed by atoms with van der Waals surface area (Å²) in [5.74, 6) is -1.50. The fourth-order valence-electron chi connectivity index (χ4n) is 3.05. The first-order valence-corrected chi connectivity index (χ1v) is 9.88. The van der Waals surface area contributed by atoms with Crippen LogP contribution in [-0.2, 0) is 25.7 Å². The van der Waals surface area contributed by atoms with Gasteiger partial charge in [0.15, 0.2) is 18.1 Å². The van der Waals surface area contributed by atoms with Crippen LogP contribution in [-0.4, -0.2) is 41.3 Å². The summed E-state index contributed by atoms with van der Waals surface area (Å²) in [4.78, 5) is 36.6. The zero-order valence-electron chi connectivity index (χ0n) is 17.9.